The quantitative estimate of drug-likeness (QED) is 0.508. The van der Waals surface area contributed by atoms with E-state index in [0.29, 0.717) is 40.0 Å². The van der Waals surface area contributed by atoms with Crippen molar-refractivity contribution in [1.29, 1.82) is 0 Å². The van der Waals surface area contributed by atoms with Crippen LogP contribution in [0.3, 0.4) is 0 Å². The molecule has 1 aliphatic heterocycles. The zero-order valence-electron chi connectivity index (χ0n) is 19.6. The average molecular weight is 524 g/mol. The van der Waals surface area contributed by atoms with E-state index in [1.54, 1.807) is 40.7 Å². The van der Waals surface area contributed by atoms with Crippen molar-refractivity contribution >= 4 is 38.9 Å². The van der Waals surface area contributed by atoms with E-state index in [1.165, 1.54) is 43.4 Å². The Morgan fingerprint density at radius 1 is 1.06 bits per heavy atom. The number of amides is 1. The molecule has 0 bridgehead atoms. The molecule has 1 saturated heterocycles. The molecule has 2 fully saturated rings. The molecule has 0 unspecified atom stereocenters. The van der Waals surface area contributed by atoms with Crippen LogP contribution in [0.15, 0.2) is 40.6 Å². The maximum atomic E-state index is 13.2. The number of hydrogen-bond acceptors (Lipinski definition) is 5. The third-order valence-electron chi connectivity index (χ3n) is 7.07. The Morgan fingerprint density at radius 2 is 1.74 bits per heavy atom. The second-order valence-corrected chi connectivity index (χ2v) is 13.2. The molecule has 4 rings (SSSR count). The van der Waals surface area contributed by atoms with Crippen molar-refractivity contribution < 1.29 is 13.2 Å². The molecule has 0 radical (unpaired) electrons. The average Bonchev–Trinajstić information content (AvgIpc) is 3.34. The lowest BCUT2D eigenvalue weighted by Crippen LogP contribution is -2.48. The maximum Gasteiger partial charge on any atom is 0.252 e. The first kappa shape index (κ1) is 25.6. The highest BCUT2D eigenvalue weighted by Gasteiger charge is 2.32. The highest BCUT2D eigenvalue weighted by atomic mass is 35.5. The molecule has 2 aromatic rings. The molecule has 1 aliphatic carbocycles. The van der Waals surface area contributed by atoms with E-state index in [0.717, 1.165) is 23.6 Å². The second-order valence-electron chi connectivity index (χ2n) is 9.44. The van der Waals surface area contributed by atoms with Crippen LogP contribution in [0.4, 0.5) is 0 Å². The molecule has 1 aromatic carbocycles. The molecule has 2 heterocycles. The smallest absolute Gasteiger partial charge is 0.252 e. The van der Waals surface area contributed by atoms with E-state index in [2.05, 4.69) is 17.6 Å². The van der Waals surface area contributed by atoms with E-state index in [1.807, 2.05) is 0 Å². The molecule has 1 saturated carbocycles. The summed E-state index contributed by atoms with van der Waals surface area (Å²) >= 11 is 7.09. The van der Waals surface area contributed by atoms with Gasteiger partial charge in [0.2, 0.25) is 0 Å². The van der Waals surface area contributed by atoms with Gasteiger partial charge in [0.15, 0.2) is 0 Å². The minimum absolute atomic E-state index is 0.216. The molecule has 6 nitrogen and oxygen atoms in total. The zero-order chi connectivity index (χ0) is 24.1. The van der Waals surface area contributed by atoms with E-state index in [9.17, 15) is 13.2 Å². The molecule has 9 heteroatoms. The summed E-state index contributed by atoms with van der Waals surface area (Å²) in [4.78, 5) is 13.1. The van der Waals surface area contributed by atoms with Crippen LogP contribution >= 0.6 is 22.9 Å². The largest absolute Gasteiger partial charge is 0.347 e. The molecule has 1 aromatic heterocycles. The molecular weight excluding hydrogens is 490 g/mol. The maximum absolute atomic E-state index is 13.2. The van der Waals surface area contributed by atoms with Gasteiger partial charge in [-0.05, 0) is 74.9 Å². The van der Waals surface area contributed by atoms with Gasteiger partial charge in [-0.25, -0.2) is 8.42 Å². The lowest BCUT2D eigenvalue weighted by Gasteiger charge is -2.36. The Balaban J connectivity index is 1.27. The van der Waals surface area contributed by atoms with Gasteiger partial charge in [-0.15, -0.1) is 11.3 Å². The summed E-state index contributed by atoms with van der Waals surface area (Å²) in [5.41, 5.74) is 0.517. The number of carbonyl (C=O) groups excluding carboxylic acids is 1. The predicted molar refractivity (Wildman–Crippen MR) is 138 cm³/mol. The fourth-order valence-electron chi connectivity index (χ4n) is 4.99. The molecule has 0 spiro atoms. The topological polar surface area (TPSA) is 78.5 Å². The van der Waals surface area contributed by atoms with Crippen LogP contribution in [-0.2, 0) is 16.6 Å². The van der Waals surface area contributed by atoms with Gasteiger partial charge in [0.25, 0.3) is 15.9 Å². The van der Waals surface area contributed by atoms with Gasteiger partial charge < -0.3 is 10.6 Å². The number of sulfonamides is 1. The predicted octanol–water partition coefficient (Wildman–Crippen LogP) is 5.04. The molecule has 34 heavy (non-hydrogen) atoms. The standard InChI is InChI=1S/C25H34ClN3O3S2/c1-18(19-5-3-2-4-6-19)28-22-13-15-29(16-14-22)34(31,32)24-12-11-23(33-24)17-27-25(30)20-7-9-21(26)10-8-20/h7-12,18-19,22,28H,2-6,13-17H2,1H3,(H,27,30)/t18-/m1/s1. The van der Waals surface area contributed by atoms with Gasteiger partial charge >= 0.3 is 0 Å². The van der Waals surface area contributed by atoms with Crippen molar-refractivity contribution in [1.82, 2.24) is 14.9 Å². The Hall–Kier alpha value is -1.45. The lowest BCUT2D eigenvalue weighted by molar-refractivity contribution is 0.0951. The fourth-order valence-corrected chi connectivity index (χ4v) is 8.04. The Morgan fingerprint density at radius 3 is 2.41 bits per heavy atom. The zero-order valence-corrected chi connectivity index (χ0v) is 22.0. The molecule has 2 aliphatic rings. The highest BCUT2D eigenvalue weighted by molar-refractivity contribution is 7.91. The second kappa shape index (κ2) is 11.5. The molecule has 186 valence electrons. The number of nitrogens with zero attached hydrogens (tertiary/aromatic N) is 1. The minimum Gasteiger partial charge on any atom is -0.347 e. The summed E-state index contributed by atoms with van der Waals surface area (Å²) in [7, 11) is -3.51. The number of piperidine rings is 1. The van der Waals surface area contributed by atoms with Crippen LogP contribution in [-0.4, -0.2) is 43.8 Å². The van der Waals surface area contributed by atoms with E-state index >= 15 is 0 Å². The van der Waals surface area contributed by atoms with Gasteiger partial charge in [0.05, 0.1) is 6.54 Å². The number of rotatable bonds is 8. The normalized spacial score (nSPS) is 19.7. The van der Waals surface area contributed by atoms with Crippen molar-refractivity contribution in [3.8, 4) is 0 Å². The Kier molecular flexibility index (Phi) is 8.69. The molecule has 1 amide bonds. The monoisotopic (exact) mass is 523 g/mol. The molecular formula is C25H34ClN3O3S2. The van der Waals surface area contributed by atoms with Crippen LogP contribution in [0.2, 0.25) is 5.02 Å². The first-order chi connectivity index (χ1) is 16.3. The Bertz CT molecular complexity index is 1060. The van der Waals surface area contributed by atoms with Crippen molar-refractivity contribution in [2.75, 3.05) is 13.1 Å². The van der Waals surface area contributed by atoms with E-state index in [-0.39, 0.29) is 12.5 Å². The minimum atomic E-state index is -3.51. The van der Waals surface area contributed by atoms with Crippen LogP contribution in [0.25, 0.3) is 0 Å². The number of carbonyl (C=O) groups is 1. The van der Waals surface area contributed by atoms with Crippen molar-refractivity contribution in [3.63, 3.8) is 0 Å². The summed E-state index contributed by atoms with van der Waals surface area (Å²) in [6.45, 7) is 3.65. The number of benzene rings is 1. The van der Waals surface area contributed by atoms with E-state index in [4.69, 9.17) is 11.6 Å². The Labute approximate surface area is 212 Å². The summed E-state index contributed by atoms with van der Waals surface area (Å²) in [6.07, 6.45) is 8.32. The highest BCUT2D eigenvalue weighted by Crippen LogP contribution is 2.29. The summed E-state index contributed by atoms with van der Waals surface area (Å²) < 4.78 is 28.3. The number of thiophene rings is 1. The first-order valence-electron chi connectivity index (χ1n) is 12.2. The summed E-state index contributed by atoms with van der Waals surface area (Å²) in [5, 5.41) is 7.20. The third-order valence-corrected chi connectivity index (χ3v) is 10.8. The van der Waals surface area contributed by atoms with Crippen molar-refractivity contribution in [3.05, 3.63) is 51.9 Å². The number of nitrogens with one attached hydrogen (secondary N) is 2. The lowest BCUT2D eigenvalue weighted by atomic mass is 9.84. The van der Waals surface area contributed by atoms with Crippen LogP contribution in [0, 0.1) is 5.92 Å². The van der Waals surface area contributed by atoms with Crippen molar-refractivity contribution in [2.24, 2.45) is 5.92 Å². The third kappa shape index (κ3) is 6.40. The van der Waals surface area contributed by atoms with E-state index < -0.39 is 10.0 Å². The van der Waals surface area contributed by atoms with Crippen LogP contribution in [0.5, 0.6) is 0 Å². The van der Waals surface area contributed by atoms with Gasteiger partial charge in [-0.1, -0.05) is 30.9 Å². The summed E-state index contributed by atoms with van der Waals surface area (Å²) in [5.74, 6) is 0.534. The summed E-state index contributed by atoms with van der Waals surface area (Å²) in [6, 6.07) is 11.0. The first-order valence-corrected chi connectivity index (χ1v) is 14.8. The van der Waals surface area contributed by atoms with Crippen LogP contribution in [0.1, 0.15) is 67.1 Å². The molecule has 1 atom stereocenters. The van der Waals surface area contributed by atoms with Gasteiger partial charge in [0, 0.05) is 40.6 Å². The van der Waals surface area contributed by atoms with Gasteiger partial charge in [-0.2, -0.15) is 4.31 Å². The van der Waals surface area contributed by atoms with Crippen molar-refractivity contribution in [2.45, 2.75) is 74.7 Å². The van der Waals surface area contributed by atoms with Gasteiger partial charge in [-0.3, -0.25) is 4.79 Å². The fraction of sp³-hybridized carbons (Fsp3) is 0.560. The van der Waals surface area contributed by atoms with Gasteiger partial charge in [0.1, 0.15) is 4.21 Å². The SMILES string of the molecule is C[C@@H](NC1CCN(S(=O)(=O)c2ccc(CNC(=O)c3ccc(Cl)cc3)s2)CC1)C1CCCCC1. The number of hydrogen-bond donors (Lipinski definition) is 2. The molecule has 2 N–H and O–H groups in total. The van der Waals surface area contributed by atoms with Crippen LogP contribution < -0.4 is 10.6 Å². The number of halogens is 1.